The van der Waals surface area contributed by atoms with Crippen molar-refractivity contribution >= 4 is 31.8 Å². The minimum Gasteiger partial charge on any atom is -0.493 e. The third-order valence-electron chi connectivity index (χ3n) is 5.19. The predicted molar refractivity (Wildman–Crippen MR) is 124 cm³/mol. The highest BCUT2D eigenvalue weighted by Crippen LogP contribution is 2.28. The largest absolute Gasteiger partial charge is 0.493 e. The van der Waals surface area contributed by atoms with Crippen LogP contribution in [-0.4, -0.2) is 48.7 Å². The number of aromatic hydroxyl groups is 2. The van der Waals surface area contributed by atoms with Crippen LogP contribution in [0.4, 0.5) is 0 Å². The Bertz CT molecular complexity index is 1420. The van der Waals surface area contributed by atoms with Gasteiger partial charge in [-0.25, -0.2) is 16.8 Å². The number of pyridine rings is 2. The van der Waals surface area contributed by atoms with E-state index >= 15 is 0 Å². The molecule has 0 aliphatic rings. The van der Waals surface area contributed by atoms with E-state index in [9.17, 15) is 36.6 Å². The fourth-order valence-electron chi connectivity index (χ4n) is 3.65. The Kier molecular flexibility index (Phi) is 7.18. The summed E-state index contributed by atoms with van der Waals surface area (Å²) in [6.45, 7) is 5.87. The zero-order valence-corrected chi connectivity index (χ0v) is 20.8. The van der Waals surface area contributed by atoms with E-state index < -0.39 is 52.3 Å². The molecule has 2 rings (SSSR count). The third-order valence-corrected chi connectivity index (χ3v) is 7.65. The van der Waals surface area contributed by atoms with Gasteiger partial charge in [0, 0.05) is 25.6 Å². The molecule has 0 fully saturated rings. The molecule has 0 saturated heterocycles. The first-order chi connectivity index (χ1) is 15.1. The first-order valence-electron chi connectivity index (χ1n) is 9.84. The van der Waals surface area contributed by atoms with Crippen molar-refractivity contribution in [1.29, 1.82) is 0 Å². The van der Waals surface area contributed by atoms with E-state index in [1.54, 1.807) is 13.8 Å². The zero-order chi connectivity index (χ0) is 25.5. The summed E-state index contributed by atoms with van der Waals surface area (Å²) in [6, 6.07) is 0. The van der Waals surface area contributed by atoms with Gasteiger partial charge in [-0.3, -0.25) is 18.7 Å². The van der Waals surface area contributed by atoms with E-state index in [-0.39, 0.29) is 35.3 Å². The highest BCUT2D eigenvalue weighted by Gasteiger charge is 2.25. The number of aromatic nitrogens is 2. The van der Waals surface area contributed by atoms with Crippen LogP contribution in [0.5, 0.6) is 11.8 Å². The molecule has 2 N–H and O–H groups in total. The van der Waals surface area contributed by atoms with Crippen molar-refractivity contribution in [2.45, 2.75) is 50.6 Å². The normalized spacial score (nSPS) is 11.8. The van der Waals surface area contributed by atoms with Crippen LogP contribution in [-0.2, 0) is 32.8 Å². The molecular formula is C21H26N2O8S2. The quantitative estimate of drug-likeness (QED) is 0.564. The Balaban J connectivity index is 2.92. The Hall–Kier alpha value is -3.08. The van der Waals surface area contributed by atoms with E-state index in [0.717, 1.165) is 21.6 Å². The summed E-state index contributed by atoms with van der Waals surface area (Å²) < 4.78 is 50.5. The molecule has 12 heteroatoms. The van der Waals surface area contributed by atoms with Crippen LogP contribution in [0, 0.1) is 13.8 Å². The maximum absolute atomic E-state index is 12.8. The van der Waals surface area contributed by atoms with Crippen LogP contribution in [0.3, 0.4) is 0 Å². The molecule has 10 nitrogen and oxygen atoms in total. The van der Waals surface area contributed by atoms with Gasteiger partial charge in [-0.2, -0.15) is 0 Å². The molecule has 0 aliphatic carbocycles. The van der Waals surface area contributed by atoms with Crippen molar-refractivity contribution in [1.82, 2.24) is 9.13 Å². The Labute approximate surface area is 191 Å². The van der Waals surface area contributed by atoms with E-state index in [2.05, 4.69) is 5.73 Å². The second-order valence-electron chi connectivity index (χ2n) is 7.48. The highest BCUT2D eigenvalue weighted by molar-refractivity contribution is 7.91. The molecule has 0 saturated carbocycles. The van der Waals surface area contributed by atoms with Gasteiger partial charge >= 0.3 is 0 Å². The van der Waals surface area contributed by atoms with E-state index in [0.29, 0.717) is 0 Å². The lowest BCUT2D eigenvalue weighted by Gasteiger charge is -2.14. The standard InChI is InChI=1S/C21H26N2O8S2/c1-7-22-18(24)14(12(3)16(20(22)26)32(5,28)29)10-9-11-15-13(4)17(33(6,30)31)21(27)23(8-2)19(15)25/h10-11,26-27H,7-8H2,1-6H3. The molecule has 0 amide bonds. The summed E-state index contributed by atoms with van der Waals surface area (Å²) in [7, 11) is -7.76. The van der Waals surface area contributed by atoms with Crippen LogP contribution in [0.15, 0.2) is 25.1 Å². The first-order valence-corrected chi connectivity index (χ1v) is 13.6. The lowest BCUT2D eigenvalue weighted by atomic mass is 10.1. The van der Waals surface area contributed by atoms with Gasteiger partial charge in [-0.15, -0.1) is 5.73 Å². The van der Waals surface area contributed by atoms with Crippen molar-refractivity contribution in [2.75, 3.05) is 12.5 Å². The monoisotopic (exact) mass is 498 g/mol. The first kappa shape index (κ1) is 26.2. The topological polar surface area (TPSA) is 153 Å². The number of hydrogen-bond donors (Lipinski definition) is 2. The van der Waals surface area contributed by atoms with Gasteiger partial charge in [0.05, 0.1) is 11.1 Å². The van der Waals surface area contributed by atoms with Crippen LogP contribution < -0.4 is 11.1 Å². The Morgan fingerprint density at radius 1 is 0.758 bits per heavy atom. The lowest BCUT2D eigenvalue weighted by molar-refractivity contribution is 0.393. The van der Waals surface area contributed by atoms with Gasteiger partial charge in [0.25, 0.3) is 11.1 Å². The maximum atomic E-state index is 12.8. The molecule has 180 valence electrons. The van der Waals surface area contributed by atoms with Gasteiger partial charge in [-0.05, 0) is 51.0 Å². The SMILES string of the molecule is CCn1c(O)c(S(C)(=O)=O)c(C)c(C=C=Cc2c(C)c(S(C)(=O)=O)c(O)n(CC)c2=O)c1=O. The molecule has 0 radical (unpaired) electrons. The van der Waals surface area contributed by atoms with Crippen LogP contribution >= 0.6 is 0 Å². The smallest absolute Gasteiger partial charge is 0.261 e. The van der Waals surface area contributed by atoms with E-state index in [4.69, 9.17) is 0 Å². The molecule has 0 spiro atoms. The molecule has 2 heterocycles. The number of nitrogens with zero attached hydrogens (tertiary/aromatic N) is 2. The molecule has 0 bridgehead atoms. The second kappa shape index (κ2) is 9.05. The number of hydrogen-bond acceptors (Lipinski definition) is 8. The van der Waals surface area contributed by atoms with Gasteiger partial charge in [0.15, 0.2) is 19.7 Å². The third kappa shape index (κ3) is 4.68. The average molecular weight is 499 g/mol. The molecule has 33 heavy (non-hydrogen) atoms. The minimum absolute atomic E-state index is 0.00796. The molecule has 0 atom stereocenters. The second-order valence-corrected chi connectivity index (χ2v) is 11.4. The fourth-order valence-corrected chi connectivity index (χ4v) is 5.87. The zero-order valence-electron chi connectivity index (χ0n) is 19.1. The molecule has 0 unspecified atom stereocenters. The minimum atomic E-state index is -3.88. The highest BCUT2D eigenvalue weighted by atomic mass is 32.2. The number of rotatable bonds is 6. The summed E-state index contributed by atoms with van der Waals surface area (Å²) >= 11 is 0. The summed E-state index contributed by atoms with van der Waals surface area (Å²) in [4.78, 5) is 24.7. The molecule has 2 aromatic heterocycles. The Morgan fingerprint density at radius 2 is 1.06 bits per heavy atom. The summed E-state index contributed by atoms with van der Waals surface area (Å²) in [5.41, 5.74) is 1.21. The van der Waals surface area contributed by atoms with Crippen LogP contribution in [0.2, 0.25) is 0 Å². The van der Waals surface area contributed by atoms with Crippen molar-refractivity contribution in [3.05, 3.63) is 48.7 Å². The molecular weight excluding hydrogens is 472 g/mol. The van der Waals surface area contributed by atoms with Crippen molar-refractivity contribution in [3.63, 3.8) is 0 Å². The molecule has 2 aromatic rings. The van der Waals surface area contributed by atoms with Crippen LogP contribution in [0.25, 0.3) is 12.2 Å². The number of sulfone groups is 2. The maximum Gasteiger partial charge on any atom is 0.261 e. The summed E-state index contributed by atoms with van der Waals surface area (Å²) in [5, 5.41) is 20.6. The fraction of sp³-hybridized carbons (Fsp3) is 0.381. The lowest BCUT2D eigenvalue weighted by Crippen LogP contribution is -2.25. The predicted octanol–water partition coefficient (Wildman–Crippen LogP) is 1.21. The van der Waals surface area contributed by atoms with Gasteiger partial charge in [0.2, 0.25) is 11.8 Å². The van der Waals surface area contributed by atoms with E-state index in [1.807, 2.05) is 0 Å². The molecule has 0 aliphatic heterocycles. The Morgan fingerprint density at radius 3 is 1.30 bits per heavy atom. The van der Waals surface area contributed by atoms with Gasteiger partial charge in [-0.1, -0.05) is 0 Å². The molecule has 0 aromatic carbocycles. The summed E-state index contributed by atoms with van der Waals surface area (Å²) in [5.74, 6) is -1.33. The van der Waals surface area contributed by atoms with Gasteiger partial charge < -0.3 is 10.2 Å². The average Bonchev–Trinajstić information content (AvgIpc) is 2.65. The van der Waals surface area contributed by atoms with Crippen molar-refractivity contribution in [2.24, 2.45) is 0 Å². The van der Waals surface area contributed by atoms with Crippen molar-refractivity contribution in [3.8, 4) is 11.8 Å². The summed E-state index contributed by atoms with van der Waals surface area (Å²) in [6.07, 6.45) is 4.14. The van der Waals surface area contributed by atoms with E-state index in [1.165, 1.54) is 26.0 Å². The van der Waals surface area contributed by atoms with Crippen molar-refractivity contribution < 1.29 is 27.0 Å². The van der Waals surface area contributed by atoms with Gasteiger partial charge in [0.1, 0.15) is 9.79 Å². The van der Waals surface area contributed by atoms with Crippen LogP contribution in [0.1, 0.15) is 36.1 Å².